The summed E-state index contributed by atoms with van der Waals surface area (Å²) in [5, 5.41) is 50.0. The summed E-state index contributed by atoms with van der Waals surface area (Å²) >= 11 is 0. The van der Waals surface area contributed by atoms with Crippen molar-refractivity contribution in [2.24, 2.45) is 17.8 Å². The molecule has 0 spiro atoms. The van der Waals surface area contributed by atoms with E-state index in [-0.39, 0.29) is 36.2 Å². The van der Waals surface area contributed by atoms with Crippen molar-refractivity contribution in [1.29, 1.82) is 0 Å². The lowest BCUT2D eigenvalue weighted by molar-refractivity contribution is -0.311. The fraction of sp³-hybridized carbons (Fsp3) is 0.857. The Balaban J connectivity index is 1.59. The van der Waals surface area contributed by atoms with Crippen LogP contribution in [0.3, 0.4) is 0 Å². The van der Waals surface area contributed by atoms with Crippen molar-refractivity contribution in [3.63, 3.8) is 0 Å². The molecule has 0 radical (unpaired) electrons. The highest BCUT2D eigenvalue weighted by Gasteiger charge is 2.45. The van der Waals surface area contributed by atoms with Gasteiger partial charge in [0, 0.05) is 12.3 Å². The number of fused-ring (bicyclic) bond motifs is 1. The lowest BCUT2D eigenvalue weighted by Crippen LogP contribution is -2.59. The molecule has 2 aliphatic heterocycles. The van der Waals surface area contributed by atoms with Gasteiger partial charge in [-0.2, -0.15) is 0 Å². The van der Waals surface area contributed by atoms with Crippen LogP contribution in [0.5, 0.6) is 0 Å². The number of esters is 1. The smallest absolute Gasteiger partial charge is 0.309 e. The van der Waals surface area contributed by atoms with E-state index in [1.165, 1.54) is 0 Å². The van der Waals surface area contributed by atoms with Gasteiger partial charge in [0.2, 0.25) is 0 Å². The molecule has 0 amide bonds. The lowest BCUT2D eigenvalue weighted by atomic mass is 9.87. The molecule has 2 heterocycles. The summed E-state index contributed by atoms with van der Waals surface area (Å²) in [5.74, 6) is -0.153. The molecule has 0 aromatic carbocycles. The molecule has 2 fully saturated rings. The van der Waals surface area contributed by atoms with Crippen LogP contribution >= 0.6 is 0 Å². The Morgan fingerprint density at radius 3 is 2.57 bits per heavy atom. The SMILES string of the molecule is C[C@H](C[C@@H](O)C1=CC[C@@H]2[C@H](C)C(=O)O[C@@H]2C[C@@H]1C)O[C@@H]1O[C@H](CO)[C@@H](O)[C@H](O)[C@H]1O. The molecule has 5 N–H and O–H groups in total. The first-order valence-corrected chi connectivity index (χ1v) is 10.7. The number of carbonyl (C=O) groups excluding carboxylic acids is 1. The summed E-state index contributed by atoms with van der Waals surface area (Å²) < 4.78 is 16.5. The van der Waals surface area contributed by atoms with Crippen LogP contribution in [0.2, 0.25) is 0 Å². The molecule has 0 aromatic rings. The van der Waals surface area contributed by atoms with E-state index in [4.69, 9.17) is 14.2 Å². The molecule has 3 rings (SSSR count). The van der Waals surface area contributed by atoms with Gasteiger partial charge in [-0.05, 0) is 31.3 Å². The maximum absolute atomic E-state index is 11.8. The maximum atomic E-state index is 11.8. The largest absolute Gasteiger partial charge is 0.462 e. The normalized spacial score (nSPS) is 43.9. The minimum absolute atomic E-state index is 0.0348. The molecule has 1 aliphatic carbocycles. The van der Waals surface area contributed by atoms with Gasteiger partial charge < -0.3 is 39.7 Å². The van der Waals surface area contributed by atoms with E-state index >= 15 is 0 Å². The first-order chi connectivity index (χ1) is 14.1. The van der Waals surface area contributed by atoms with Crippen LogP contribution in [0.25, 0.3) is 0 Å². The topological polar surface area (TPSA) is 146 Å². The highest BCUT2D eigenvalue weighted by molar-refractivity contribution is 5.74. The molecule has 0 unspecified atom stereocenters. The van der Waals surface area contributed by atoms with Gasteiger partial charge >= 0.3 is 5.97 Å². The number of carbonyl (C=O) groups is 1. The summed E-state index contributed by atoms with van der Waals surface area (Å²) in [6.45, 7) is 5.06. The third kappa shape index (κ3) is 4.72. The van der Waals surface area contributed by atoms with Crippen molar-refractivity contribution in [3.8, 4) is 0 Å². The Hall–Kier alpha value is -1.07. The van der Waals surface area contributed by atoms with E-state index in [0.717, 1.165) is 5.57 Å². The average Bonchev–Trinajstić information content (AvgIpc) is 2.85. The summed E-state index contributed by atoms with van der Waals surface area (Å²) in [6.07, 6.45) is -4.61. The molecule has 0 saturated carbocycles. The standard InChI is InChI=1S/C21H34O9/c1-9-6-15-13(11(3)20(27)29-15)5-4-12(9)14(23)7-10(2)28-21-19(26)18(25)17(24)16(8-22)30-21/h4,9-11,13-19,21-26H,5-8H2,1-3H3/t9-,10+,11-,13+,14+,15+,16+,17+,18-,19+,21+/m0/s1. The van der Waals surface area contributed by atoms with E-state index in [9.17, 15) is 30.3 Å². The van der Waals surface area contributed by atoms with Crippen molar-refractivity contribution in [1.82, 2.24) is 0 Å². The van der Waals surface area contributed by atoms with Gasteiger partial charge in [0.05, 0.1) is 24.7 Å². The Labute approximate surface area is 176 Å². The number of ether oxygens (including phenoxy) is 3. The molecule has 11 atom stereocenters. The van der Waals surface area contributed by atoms with E-state index in [1.54, 1.807) is 6.92 Å². The fourth-order valence-corrected chi connectivity index (χ4v) is 4.76. The highest BCUT2D eigenvalue weighted by Crippen LogP contribution is 2.40. The Bertz CT molecular complexity index is 636. The molecular formula is C21H34O9. The fourth-order valence-electron chi connectivity index (χ4n) is 4.76. The van der Waals surface area contributed by atoms with Crippen LogP contribution in [0.1, 0.15) is 40.0 Å². The predicted octanol–water partition coefficient (Wildman–Crippen LogP) is -0.524. The summed E-state index contributed by atoms with van der Waals surface area (Å²) in [5.41, 5.74) is 0.872. The Morgan fingerprint density at radius 2 is 1.90 bits per heavy atom. The van der Waals surface area contributed by atoms with Crippen LogP contribution in [0.15, 0.2) is 11.6 Å². The zero-order valence-electron chi connectivity index (χ0n) is 17.6. The van der Waals surface area contributed by atoms with Gasteiger partial charge in [0.1, 0.15) is 30.5 Å². The second kappa shape index (κ2) is 9.60. The minimum Gasteiger partial charge on any atom is -0.462 e. The number of aliphatic hydroxyl groups is 5. The molecule has 172 valence electrons. The van der Waals surface area contributed by atoms with E-state index in [0.29, 0.717) is 12.8 Å². The van der Waals surface area contributed by atoms with Crippen molar-refractivity contribution < 1.29 is 44.5 Å². The van der Waals surface area contributed by atoms with Gasteiger partial charge in [0.25, 0.3) is 0 Å². The van der Waals surface area contributed by atoms with Gasteiger partial charge in [-0.15, -0.1) is 0 Å². The summed E-state index contributed by atoms with van der Waals surface area (Å²) in [6, 6.07) is 0. The zero-order valence-corrected chi connectivity index (χ0v) is 17.6. The highest BCUT2D eigenvalue weighted by atomic mass is 16.7. The van der Waals surface area contributed by atoms with Crippen LogP contribution in [0, 0.1) is 17.8 Å². The Morgan fingerprint density at radius 1 is 1.20 bits per heavy atom. The first-order valence-electron chi connectivity index (χ1n) is 10.7. The van der Waals surface area contributed by atoms with Crippen molar-refractivity contribution in [2.75, 3.05) is 6.61 Å². The summed E-state index contributed by atoms with van der Waals surface area (Å²) in [4.78, 5) is 11.8. The third-order valence-electron chi connectivity index (χ3n) is 6.69. The maximum Gasteiger partial charge on any atom is 0.309 e. The van der Waals surface area contributed by atoms with Crippen molar-refractivity contribution >= 4 is 5.97 Å². The molecule has 0 aromatic heterocycles. The minimum atomic E-state index is -1.51. The van der Waals surface area contributed by atoms with Gasteiger partial charge in [-0.25, -0.2) is 0 Å². The Kier molecular flexibility index (Phi) is 7.55. The van der Waals surface area contributed by atoms with E-state index < -0.39 is 49.5 Å². The van der Waals surface area contributed by atoms with E-state index in [2.05, 4.69) is 0 Å². The second-order valence-electron chi connectivity index (χ2n) is 8.90. The molecular weight excluding hydrogens is 396 g/mol. The van der Waals surface area contributed by atoms with Crippen molar-refractivity contribution in [2.45, 2.75) is 89.1 Å². The number of aliphatic hydroxyl groups excluding tert-OH is 5. The summed E-state index contributed by atoms with van der Waals surface area (Å²) in [7, 11) is 0. The van der Waals surface area contributed by atoms with Crippen LogP contribution in [-0.2, 0) is 19.0 Å². The average molecular weight is 430 g/mol. The first kappa shape index (κ1) is 23.6. The van der Waals surface area contributed by atoms with Gasteiger partial charge in [0.15, 0.2) is 6.29 Å². The van der Waals surface area contributed by atoms with E-state index in [1.807, 2.05) is 19.9 Å². The lowest BCUT2D eigenvalue weighted by Gasteiger charge is -2.40. The molecule has 0 bridgehead atoms. The van der Waals surface area contributed by atoms with Gasteiger partial charge in [-0.1, -0.05) is 19.9 Å². The van der Waals surface area contributed by atoms with Crippen LogP contribution in [-0.4, -0.2) is 87.1 Å². The number of hydrogen-bond donors (Lipinski definition) is 5. The van der Waals surface area contributed by atoms with Gasteiger partial charge in [-0.3, -0.25) is 4.79 Å². The third-order valence-corrected chi connectivity index (χ3v) is 6.69. The molecule has 2 saturated heterocycles. The molecule has 9 nitrogen and oxygen atoms in total. The monoisotopic (exact) mass is 430 g/mol. The molecule has 30 heavy (non-hydrogen) atoms. The zero-order chi connectivity index (χ0) is 22.2. The number of hydrogen-bond acceptors (Lipinski definition) is 9. The van der Waals surface area contributed by atoms with Crippen LogP contribution < -0.4 is 0 Å². The van der Waals surface area contributed by atoms with Crippen LogP contribution in [0.4, 0.5) is 0 Å². The second-order valence-corrected chi connectivity index (χ2v) is 8.90. The number of allylic oxidation sites excluding steroid dienone is 1. The molecule has 3 aliphatic rings. The number of rotatable bonds is 6. The quantitative estimate of drug-likeness (QED) is 0.277. The van der Waals surface area contributed by atoms with Crippen molar-refractivity contribution in [3.05, 3.63) is 11.6 Å². The predicted molar refractivity (Wildman–Crippen MR) is 104 cm³/mol. The molecule has 9 heteroatoms.